The summed E-state index contributed by atoms with van der Waals surface area (Å²) in [7, 11) is 3.55. The highest BCUT2D eigenvalue weighted by Gasteiger charge is 2.18. The van der Waals surface area contributed by atoms with Crippen molar-refractivity contribution < 1.29 is 4.79 Å². The van der Waals surface area contributed by atoms with E-state index in [9.17, 15) is 4.79 Å². The summed E-state index contributed by atoms with van der Waals surface area (Å²) in [5, 5.41) is 3.43. The number of nitrogens with one attached hydrogen (secondary N) is 1. The fraction of sp³-hybridized carbons (Fsp3) is 0.391. The van der Waals surface area contributed by atoms with Crippen molar-refractivity contribution >= 4 is 35.8 Å². The largest absolute Gasteiger partial charge is 0.357 e. The van der Waals surface area contributed by atoms with Crippen molar-refractivity contribution in [2.45, 2.75) is 26.3 Å². The van der Waals surface area contributed by atoms with E-state index in [1.54, 1.807) is 19.0 Å². The molecule has 5 nitrogen and oxygen atoms in total. The lowest BCUT2D eigenvalue weighted by Gasteiger charge is -2.31. The molecule has 1 amide bonds. The van der Waals surface area contributed by atoms with Crippen LogP contribution in [-0.4, -0.2) is 55.4 Å². The molecule has 3 rings (SSSR count). The second-order valence-electron chi connectivity index (χ2n) is 7.33. The number of halogens is 1. The maximum atomic E-state index is 12.2. The van der Waals surface area contributed by atoms with Crippen LogP contribution in [0.15, 0.2) is 53.5 Å². The summed E-state index contributed by atoms with van der Waals surface area (Å²) >= 11 is 0. The van der Waals surface area contributed by atoms with E-state index in [0.717, 1.165) is 49.6 Å². The molecular formula is C23H31IN4O. The molecule has 1 N–H and O–H groups in total. The number of guanidine groups is 1. The van der Waals surface area contributed by atoms with Gasteiger partial charge in [-0.1, -0.05) is 36.4 Å². The van der Waals surface area contributed by atoms with E-state index in [2.05, 4.69) is 47.5 Å². The van der Waals surface area contributed by atoms with Gasteiger partial charge < -0.3 is 15.1 Å². The van der Waals surface area contributed by atoms with Crippen molar-refractivity contribution in [3.8, 4) is 0 Å². The SMILES string of the molecule is CCNC(=NCCc1cccc(C(=O)N(C)C)c1)N1CCc2ccccc2C1.I. The van der Waals surface area contributed by atoms with Gasteiger partial charge in [0.05, 0.1) is 0 Å². The van der Waals surface area contributed by atoms with Crippen molar-refractivity contribution in [2.75, 3.05) is 33.7 Å². The van der Waals surface area contributed by atoms with Crippen LogP contribution in [0.1, 0.15) is 34.0 Å². The lowest BCUT2D eigenvalue weighted by Crippen LogP contribution is -2.44. The molecule has 0 spiro atoms. The van der Waals surface area contributed by atoms with Crippen LogP contribution in [0.4, 0.5) is 0 Å². The Morgan fingerprint density at radius 3 is 2.62 bits per heavy atom. The van der Waals surface area contributed by atoms with Crippen LogP contribution in [0.25, 0.3) is 0 Å². The van der Waals surface area contributed by atoms with E-state index in [1.807, 2.05) is 18.2 Å². The smallest absolute Gasteiger partial charge is 0.253 e. The van der Waals surface area contributed by atoms with E-state index in [1.165, 1.54) is 11.1 Å². The summed E-state index contributed by atoms with van der Waals surface area (Å²) in [5.74, 6) is 1.00. The van der Waals surface area contributed by atoms with Gasteiger partial charge in [0.15, 0.2) is 5.96 Å². The standard InChI is InChI=1S/C23H30N4O.HI/c1-4-24-23(27-15-13-19-9-5-6-10-21(19)17-27)25-14-12-18-8-7-11-20(16-18)22(28)26(2)3;/h5-11,16H,4,12-15,17H2,1-3H3,(H,24,25);1H. The number of hydrogen-bond donors (Lipinski definition) is 1. The monoisotopic (exact) mass is 506 g/mol. The van der Waals surface area contributed by atoms with Gasteiger partial charge in [0.2, 0.25) is 0 Å². The zero-order valence-corrected chi connectivity index (χ0v) is 19.8. The van der Waals surface area contributed by atoms with Crippen LogP contribution in [0.2, 0.25) is 0 Å². The second-order valence-corrected chi connectivity index (χ2v) is 7.33. The highest BCUT2D eigenvalue weighted by Crippen LogP contribution is 2.18. The molecule has 0 saturated carbocycles. The third kappa shape index (κ3) is 6.19. The number of amides is 1. The van der Waals surface area contributed by atoms with Crippen LogP contribution in [-0.2, 0) is 19.4 Å². The average Bonchev–Trinajstić information content (AvgIpc) is 2.72. The predicted octanol–water partition coefficient (Wildman–Crippen LogP) is 3.57. The predicted molar refractivity (Wildman–Crippen MR) is 130 cm³/mol. The molecule has 29 heavy (non-hydrogen) atoms. The number of nitrogens with zero attached hydrogens (tertiary/aromatic N) is 3. The second kappa shape index (κ2) is 11.2. The van der Waals surface area contributed by atoms with Crippen molar-refractivity contribution in [2.24, 2.45) is 4.99 Å². The molecule has 6 heteroatoms. The van der Waals surface area contributed by atoms with Gasteiger partial charge in [0.1, 0.15) is 0 Å². The molecule has 0 atom stereocenters. The summed E-state index contributed by atoms with van der Waals surface area (Å²) in [4.78, 5) is 20.9. The molecular weight excluding hydrogens is 475 g/mol. The third-order valence-electron chi connectivity index (χ3n) is 5.01. The highest BCUT2D eigenvalue weighted by molar-refractivity contribution is 14.0. The molecule has 0 aromatic heterocycles. The first-order chi connectivity index (χ1) is 13.6. The van der Waals surface area contributed by atoms with Crippen molar-refractivity contribution in [3.63, 3.8) is 0 Å². The van der Waals surface area contributed by atoms with Crippen LogP contribution in [0.3, 0.4) is 0 Å². The van der Waals surface area contributed by atoms with Gasteiger partial charge in [-0.3, -0.25) is 9.79 Å². The number of rotatable bonds is 5. The van der Waals surface area contributed by atoms with Crippen LogP contribution < -0.4 is 5.32 Å². The van der Waals surface area contributed by atoms with Gasteiger partial charge in [0, 0.05) is 45.8 Å². The summed E-state index contributed by atoms with van der Waals surface area (Å²) in [5.41, 5.74) is 4.69. The zero-order valence-electron chi connectivity index (χ0n) is 17.5. The Kier molecular flexibility index (Phi) is 8.95. The minimum Gasteiger partial charge on any atom is -0.357 e. The quantitative estimate of drug-likeness (QED) is 0.383. The van der Waals surface area contributed by atoms with Gasteiger partial charge in [-0.15, -0.1) is 24.0 Å². The zero-order chi connectivity index (χ0) is 19.9. The van der Waals surface area contributed by atoms with E-state index in [-0.39, 0.29) is 29.9 Å². The molecule has 0 radical (unpaired) electrons. The van der Waals surface area contributed by atoms with Crippen LogP contribution in [0.5, 0.6) is 0 Å². The molecule has 1 aliphatic heterocycles. The number of aliphatic imine (C=N–C) groups is 1. The molecule has 0 fully saturated rings. The van der Waals surface area contributed by atoms with E-state index in [4.69, 9.17) is 4.99 Å². The Balaban J connectivity index is 0.00000300. The maximum Gasteiger partial charge on any atom is 0.253 e. The number of carbonyl (C=O) groups excluding carboxylic acids is 1. The first-order valence-electron chi connectivity index (χ1n) is 9.99. The normalized spacial score (nSPS) is 13.3. The molecule has 156 valence electrons. The van der Waals surface area contributed by atoms with E-state index in [0.29, 0.717) is 6.54 Å². The number of fused-ring (bicyclic) bond motifs is 1. The molecule has 0 aliphatic carbocycles. The Morgan fingerprint density at radius 2 is 1.90 bits per heavy atom. The first-order valence-corrected chi connectivity index (χ1v) is 9.99. The summed E-state index contributed by atoms with van der Waals surface area (Å²) in [6.07, 6.45) is 1.86. The minimum atomic E-state index is 0. The fourth-order valence-corrected chi connectivity index (χ4v) is 3.51. The molecule has 0 bridgehead atoms. The topological polar surface area (TPSA) is 47.9 Å². The Morgan fingerprint density at radius 1 is 1.14 bits per heavy atom. The van der Waals surface area contributed by atoms with Crippen LogP contribution >= 0.6 is 24.0 Å². The van der Waals surface area contributed by atoms with Crippen molar-refractivity contribution in [1.29, 1.82) is 0 Å². The molecule has 0 saturated heterocycles. The van der Waals surface area contributed by atoms with Gasteiger partial charge in [-0.25, -0.2) is 0 Å². The van der Waals surface area contributed by atoms with Gasteiger partial charge in [0.25, 0.3) is 5.91 Å². The average molecular weight is 506 g/mol. The molecule has 1 heterocycles. The first kappa shape index (κ1) is 23.2. The highest BCUT2D eigenvalue weighted by atomic mass is 127. The van der Waals surface area contributed by atoms with Gasteiger partial charge in [-0.05, 0) is 48.6 Å². The fourth-order valence-electron chi connectivity index (χ4n) is 3.51. The minimum absolute atomic E-state index is 0. The van der Waals surface area contributed by atoms with Crippen molar-refractivity contribution in [1.82, 2.24) is 15.1 Å². The Labute approximate surface area is 191 Å². The number of benzene rings is 2. The summed E-state index contributed by atoms with van der Waals surface area (Å²) in [6, 6.07) is 16.5. The molecule has 2 aromatic rings. The Bertz CT molecular complexity index is 850. The maximum absolute atomic E-state index is 12.2. The Hall–Kier alpha value is -2.09. The summed E-state index contributed by atoms with van der Waals surface area (Å²) < 4.78 is 0. The van der Waals surface area contributed by atoms with Crippen LogP contribution in [0, 0.1) is 0 Å². The van der Waals surface area contributed by atoms with Gasteiger partial charge >= 0.3 is 0 Å². The van der Waals surface area contributed by atoms with Gasteiger partial charge in [-0.2, -0.15) is 0 Å². The lowest BCUT2D eigenvalue weighted by atomic mass is 10.0. The molecule has 0 unspecified atom stereocenters. The third-order valence-corrected chi connectivity index (χ3v) is 5.01. The molecule has 2 aromatic carbocycles. The lowest BCUT2D eigenvalue weighted by molar-refractivity contribution is 0.0827. The number of carbonyl (C=O) groups is 1. The van der Waals surface area contributed by atoms with E-state index < -0.39 is 0 Å². The number of hydrogen-bond acceptors (Lipinski definition) is 2. The molecule has 1 aliphatic rings. The van der Waals surface area contributed by atoms with Crippen molar-refractivity contribution in [3.05, 3.63) is 70.8 Å². The summed E-state index contributed by atoms with van der Waals surface area (Å²) in [6.45, 7) is 5.53. The van der Waals surface area contributed by atoms with E-state index >= 15 is 0 Å².